The number of sulfonamides is 1. The van der Waals surface area contributed by atoms with Gasteiger partial charge in [0, 0.05) is 24.9 Å². The number of rotatable bonds is 9. The molecule has 6 heteroatoms. The van der Waals surface area contributed by atoms with E-state index in [-0.39, 0.29) is 24.8 Å². The van der Waals surface area contributed by atoms with Crippen LogP contribution in [0.5, 0.6) is 0 Å². The van der Waals surface area contributed by atoms with E-state index in [0.29, 0.717) is 18.7 Å². The second-order valence-corrected chi connectivity index (χ2v) is 9.46. The zero-order valence-corrected chi connectivity index (χ0v) is 18.2. The highest BCUT2D eigenvalue weighted by molar-refractivity contribution is 7.92. The van der Waals surface area contributed by atoms with Crippen LogP contribution in [0.25, 0.3) is 10.8 Å². The van der Waals surface area contributed by atoms with Crippen LogP contribution in [0.15, 0.2) is 72.8 Å². The lowest BCUT2D eigenvalue weighted by Crippen LogP contribution is -2.33. The van der Waals surface area contributed by atoms with Gasteiger partial charge in [-0.1, -0.05) is 73.7 Å². The number of fused-ring (bicyclic) bond motifs is 1. The van der Waals surface area contributed by atoms with Crippen LogP contribution in [0, 0.1) is 0 Å². The molecular formula is C24H28N2O3S. The van der Waals surface area contributed by atoms with E-state index in [9.17, 15) is 13.2 Å². The first-order valence-corrected chi connectivity index (χ1v) is 12.0. The highest BCUT2D eigenvalue weighted by Gasteiger charge is 2.19. The van der Waals surface area contributed by atoms with Gasteiger partial charge in [0.25, 0.3) is 0 Å². The van der Waals surface area contributed by atoms with Gasteiger partial charge in [0.05, 0.1) is 11.9 Å². The van der Waals surface area contributed by atoms with Gasteiger partial charge in [0.15, 0.2) is 0 Å². The van der Waals surface area contributed by atoms with Gasteiger partial charge in [0.1, 0.15) is 0 Å². The molecule has 1 N–H and O–H groups in total. The molecule has 0 heterocycles. The number of carbonyl (C=O) groups is 1. The van der Waals surface area contributed by atoms with Gasteiger partial charge in [-0.3, -0.25) is 9.10 Å². The lowest BCUT2D eigenvalue weighted by Gasteiger charge is -2.24. The maximum Gasteiger partial charge on any atom is 0.232 e. The lowest BCUT2D eigenvalue weighted by molar-refractivity contribution is -0.121. The third-order valence-electron chi connectivity index (χ3n) is 5.17. The number of amides is 1. The molecule has 3 rings (SSSR count). The van der Waals surface area contributed by atoms with Crippen LogP contribution < -0.4 is 9.62 Å². The van der Waals surface area contributed by atoms with Crippen molar-refractivity contribution >= 4 is 32.4 Å². The summed E-state index contributed by atoms with van der Waals surface area (Å²) in [5, 5.41) is 4.82. The zero-order valence-electron chi connectivity index (χ0n) is 17.4. The van der Waals surface area contributed by atoms with Gasteiger partial charge in [-0.2, -0.15) is 0 Å². The summed E-state index contributed by atoms with van der Waals surface area (Å²) in [5.41, 5.74) is 1.82. The number of nitrogens with one attached hydrogen (secondary N) is 1. The largest absolute Gasteiger partial charge is 0.356 e. The van der Waals surface area contributed by atoms with E-state index in [1.807, 2.05) is 72.8 Å². The van der Waals surface area contributed by atoms with E-state index in [1.54, 1.807) is 0 Å². The lowest BCUT2D eigenvalue weighted by atomic mass is 10.0. The Labute approximate surface area is 178 Å². The normalized spacial score (nSPS) is 12.5. The van der Waals surface area contributed by atoms with Crippen LogP contribution in [-0.4, -0.2) is 33.7 Å². The number of hydrogen-bond acceptors (Lipinski definition) is 3. The Morgan fingerprint density at radius 1 is 0.967 bits per heavy atom. The third kappa shape index (κ3) is 5.60. The molecule has 0 aliphatic carbocycles. The third-order valence-corrected chi connectivity index (χ3v) is 6.35. The standard InChI is InChI=1S/C24H28N2O3S/c1-19(20-10-4-3-5-11-20)18-25-24(27)16-9-17-26(30(2,28)29)23-15-8-13-21-12-6-7-14-22(21)23/h3-8,10-15,19H,9,16-18H2,1-2H3,(H,25,27)/t19-/m1/s1. The number of carbonyl (C=O) groups excluding carboxylic acids is 1. The molecule has 0 aliphatic heterocycles. The number of anilines is 1. The predicted molar refractivity (Wildman–Crippen MR) is 123 cm³/mol. The Morgan fingerprint density at radius 2 is 1.63 bits per heavy atom. The molecule has 5 nitrogen and oxygen atoms in total. The molecule has 3 aromatic carbocycles. The van der Waals surface area contributed by atoms with Crippen molar-refractivity contribution in [1.29, 1.82) is 0 Å². The van der Waals surface area contributed by atoms with Crippen molar-refractivity contribution in [2.45, 2.75) is 25.7 Å². The Bertz CT molecular complexity index is 1090. The summed E-state index contributed by atoms with van der Waals surface area (Å²) < 4.78 is 26.3. The minimum atomic E-state index is -3.47. The van der Waals surface area contributed by atoms with Crippen molar-refractivity contribution in [3.63, 3.8) is 0 Å². The van der Waals surface area contributed by atoms with Crippen molar-refractivity contribution in [3.8, 4) is 0 Å². The van der Waals surface area contributed by atoms with E-state index in [2.05, 4.69) is 12.2 Å². The minimum absolute atomic E-state index is 0.0656. The van der Waals surface area contributed by atoms with Gasteiger partial charge in [-0.25, -0.2) is 8.42 Å². The quantitative estimate of drug-likeness (QED) is 0.557. The summed E-state index contributed by atoms with van der Waals surface area (Å²) in [5.74, 6) is 0.155. The van der Waals surface area contributed by atoms with Crippen LogP contribution in [0.4, 0.5) is 5.69 Å². The summed E-state index contributed by atoms with van der Waals surface area (Å²) in [6.07, 6.45) is 1.93. The van der Waals surface area contributed by atoms with Crippen LogP contribution in [-0.2, 0) is 14.8 Å². The van der Waals surface area contributed by atoms with Gasteiger partial charge < -0.3 is 5.32 Å². The molecule has 0 saturated heterocycles. The predicted octanol–water partition coefficient (Wildman–Crippen LogP) is 4.31. The van der Waals surface area contributed by atoms with Gasteiger partial charge in [0.2, 0.25) is 15.9 Å². The molecule has 1 atom stereocenters. The average molecular weight is 425 g/mol. The van der Waals surface area contributed by atoms with Gasteiger partial charge >= 0.3 is 0 Å². The summed E-state index contributed by atoms with van der Waals surface area (Å²) in [6, 6.07) is 23.4. The maximum absolute atomic E-state index is 12.4. The first-order chi connectivity index (χ1) is 14.4. The molecule has 0 unspecified atom stereocenters. The van der Waals surface area contributed by atoms with Gasteiger partial charge in [-0.05, 0) is 29.4 Å². The van der Waals surface area contributed by atoms with E-state index in [4.69, 9.17) is 0 Å². The second kappa shape index (κ2) is 9.76. The number of hydrogen-bond donors (Lipinski definition) is 1. The van der Waals surface area contributed by atoms with Crippen LogP contribution in [0.3, 0.4) is 0 Å². The molecule has 0 saturated carbocycles. The SMILES string of the molecule is C[C@H](CNC(=O)CCCN(c1cccc2ccccc12)S(C)(=O)=O)c1ccccc1. The number of nitrogens with zero attached hydrogens (tertiary/aromatic N) is 1. The molecule has 0 aromatic heterocycles. The van der Waals surface area contributed by atoms with E-state index >= 15 is 0 Å². The fourth-order valence-electron chi connectivity index (χ4n) is 3.53. The van der Waals surface area contributed by atoms with Crippen molar-refractivity contribution in [2.75, 3.05) is 23.7 Å². The van der Waals surface area contributed by atoms with Crippen molar-refractivity contribution in [3.05, 3.63) is 78.4 Å². The van der Waals surface area contributed by atoms with E-state index in [1.165, 1.54) is 16.1 Å². The van der Waals surface area contributed by atoms with E-state index < -0.39 is 10.0 Å². The van der Waals surface area contributed by atoms with Crippen molar-refractivity contribution in [2.24, 2.45) is 0 Å². The Hall–Kier alpha value is -2.86. The fraction of sp³-hybridized carbons (Fsp3) is 0.292. The summed E-state index contributed by atoms with van der Waals surface area (Å²) in [4.78, 5) is 12.3. The molecule has 30 heavy (non-hydrogen) atoms. The monoisotopic (exact) mass is 424 g/mol. The second-order valence-electron chi connectivity index (χ2n) is 7.55. The molecule has 0 spiro atoms. The highest BCUT2D eigenvalue weighted by Crippen LogP contribution is 2.28. The van der Waals surface area contributed by atoms with E-state index in [0.717, 1.165) is 10.8 Å². The molecule has 0 fully saturated rings. The molecule has 158 valence electrons. The Morgan fingerprint density at radius 3 is 2.37 bits per heavy atom. The summed E-state index contributed by atoms with van der Waals surface area (Å²) in [6.45, 7) is 2.89. The van der Waals surface area contributed by atoms with Crippen molar-refractivity contribution < 1.29 is 13.2 Å². The number of benzene rings is 3. The first-order valence-electron chi connectivity index (χ1n) is 10.1. The maximum atomic E-state index is 12.4. The molecule has 0 aliphatic rings. The summed E-state index contributed by atoms with van der Waals surface area (Å²) >= 11 is 0. The molecule has 3 aromatic rings. The van der Waals surface area contributed by atoms with Crippen molar-refractivity contribution in [1.82, 2.24) is 5.32 Å². The minimum Gasteiger partial charge on any atom is -0.356 e. The zero-order chi connectivity index (χ0) is 21.6. The highest BCUT2D eigenvalue weighted by atomic mass is 32.2. The molecule has 0 radical (unpaired) electrons. The van der Waals surface area contributed by atoms with Gasteiger partial charge in [-0.15, -0.1) is 0 Å². The topological polar surface area (TPSA) is 66.5 Å². The Kier molecular flexibility index (Phi) is 7.11. The fourth-order valence-corrected chi connectivity index (χ4v) is 4.51. The molecular weight excluding hydrogens is 396 g/mol. The Balaban J connectivity index is 1.60. The average Bonchev–Trinajstić information content (AvgIpc) is 2.74. The van der Waals surface area contributed by atoms with Crippen LogP contribution in [0.2, 0.25) is 0 Å². The molecule has 0 bridgehead atoms. The smallest absolute Gasteiger partial charge is 0.232 e. The first kappa shape index (κ1) is 21.8. The summed E-state index contributed by atoms with van der Waals surface area (Å²) in [7, 11) is -3.47. The molecule has 1 amide bonds. The van der Waals surface area contributed by atoms with Crippen LogP contribution in [0.1, 0.15) is 31.2 Å². The van der Waals surface area contributed by atoms with Crippen LogP contribution >= 0.6 is 0 Å².